The molecule has 1 aromatic rings. The lowest BCUT2D eigenvalue weighted by molar-refractivity contribution is -0.286. The zero-order valence-corrected chi connectivity index (χ0v) is 10.9. The highest BCUT2D eigenvalue weighted by Gasteiger charge is 2.43. The van der Waals surface area contributed by atoms with Crippen LogP contribution in [0.2, 0.25) is 0 Å². The van der Waals surface area contributed by atoms with Gasteiger partial charge >= 0.3 is 5.97 Å². The van der Waals surface area contributed by atoms with Crippen LogP contribution >= 0.6 is 0 Å². The molecule has 0 amide bonds. The lowest BCUT2D eigenvalue weighted by Crippen LogP contribution is -2.58. The van der Waals surface area contributed by atoms with Crippen LogP contribution in [0.3, 0.4) is 0 Å². The minimum Gasteiger partial charge on any atom is -0.507 e. The molecule has 8 nitrogen and oxygen atoms in total. The first-order valence-corrected chi connectivity index (χ1v) is 6.24. The SMILES string of the molecule is O=C(OCC1OC(O)C(O)C(O)C1O)c1ccccc1O. The highest BCUT2D eigenvalue weighted by molar-refractivity contribution is 5.92. The fourth-order valence-corrected chi connectivity index (χ4v) is 1.95. The van der Waals surface area contributed by atoms with E-state index < -0.39 is 43.3 Å². The number of esters is 1. The highest BCUT2D eigenvalue weighted by atomic mass is 16.6. The number of para-hydroxylation sites is 1. The summed E-state index contributed by atoms with van der Waals surface area (Å²) in [5.41, 5.74) is -0.0658. The van der Waals surface area contributed by atoms with Crippen molar-refractivity contribution in [2.45, 2.75) is 30.7 Å². The Morgan fingerprint density at radius 3 is 2.43 bits per heavy atom. The van der Waals surface area contributed by atoms with Crippen LogP contribution in [-0.4, -0.2) is 68.8 Å². The van der Waals surface area contributed by atoms with Crippen molar-refractivity contribution in [2.75, 3.05) is 6.61 Å². The van der Waals surface area contributed by atoms with Crippen molar-refractivity contribution in [2.24, 2.45) is 0 Å². The first-order chi connectivity index (χ1) is 9.91. The number of phenols is 1. The number of carbonyl (C=O) groups excluding carboxylic acids is 1. The van der Waals surface area contributed by atoms with E-state index >= 15 is 0 Å². The third-order valence-corrected chi connectivity index (χ3v) is 3.19. The lowest BCUT2D eigenvalue weighted by Gasteiger charge is -2.37. The smallest absolute Gasteiger partial charge is 0.342 e. The van der Waals surface area contributed by atoms with Gasteiger partial charge in [0.05, 0.1) is 0 Å². The summed E-state index contributed by atoms with van der Waals surface area (Å²) in [6.07, 6.45) is -7.70. The summed E-state index contributed by atoms with van der Waals surface area (Å²) in [5.74, 6) is -1.11. The van der Waals surface area contributed by atoms with Gasteiger partial charge < -0.3 is 35.0 Å². The third-order valence-electron chi connectivity index (χ3n) is 3.19. The Morgan fingerprint density at radius 2 is 1.76 bits per heavy atom. The van der Waals surface area contributed by atoms with E-state index in [0.29, 0.717) is 0 Å². The number of ether oxygens (including phenoxy) is 2. The topological polar surface area (TPSA) is 137 Å². The molecule has 21 heavy (non-hydrogen) atoms. The normalized spacial score (nSPS) is 32.7. The first-order valence-electron chi connectivity index (χ1n) is 6.24. The van der Waals surface area contributed by atoms with E-state index in [0.717, 1.165) is 0 Å². The molecule has 1 aliphatic heterocycles. The molecule has 1 aliphatic rings. The summed E-state index contributed by atoms with van der Waals surface area (Å²) in [6.45, 7) is -0.463. The van der Waals surface area contributed by atoms with Crippen LogP contribution in [0.1, 0.15) is 10.4 Å². The number of aliphatic hydroxyl groups excluding tert-OH is 4. The van der Waals surface area contributed by atoms with Gasteiger partial charge in [-0.25, -0.2) is 4.79 Å². The standard InChI is InChI=1S/C13H16O8/c14-7-4-2-1-3-6(7)12(18)20-5-8-9(15)10(16)11(17)13(19)21-8/h1-4,8-11,13-17,19H,5H2. The van der Waals surface area contributed by atoms with E-state index in [-0.39, 0.29) is 11.3 Å². The molecule has 0 aromatic heterocycles. The zero-order valence-electron chi connectivity index (χ0n) is 10.9. The number of phenolic OH excluding ortho intramolecular Hbond substituents is 1. The van der Waals surface area contributed by atoms with Gasteiger partial charge in [0.2, 0.25) is 0 Å². The van der Waals surface area contributed by atoms with E-state index in [1.165, 1.54) is 24.3 Å². The predicted molar refractivity (Wildman–Crippen MR) is 67.3 cm³/mol. The molecule has 0 bridgehead atoms. The van der Waals surface area contributed by atoms with E-state index in [1.807, 2.05) is 0 Å². The predicted octanol–water partition coefficient (Wildman–Crippen LogP) is -1.65. The molecule has 5 unspecified atom stereocenters. The largest absolute Gasteiger partial charge is 0.507 e. The van der Waals surface area contributed by atoms with E-state index in [2.05, 4.69) is 0 Å². The average Bonchev–Trinajstić information content (AvgIpc) is 2.47. The van der Waals surface area contributed by atoms with Crippen molar-refractivity contribution in [1.82, 2.24) is 0 Å². The molecule has 2 rings (SSSR count). The Balaban J connectivity index is 1.97. The number of hydrogen-bond donors (Lipinski definition) is 5. The van der Waals surface area contributed by atoms with Crippen LogP contribution in [0.25, 0.3) is 0 Å². The Bertz CT molecular complexity index is 505. The van der Waals surface area contributed by atoms with Gasteiger partial charge in [-0.2, -0.15) is 0 Å². The van der Waals surface area contributed by atoms with Crippen molar-refractivity contribution < 1.29 is 39.8 Å². The Labute approximate surface area is 119 Å². The maximum absolute atomic E-state index is 11.7. The first kappa shape index (κ1) is 15.7. The maximum atomic E-state index is 11.7. The summed E-state index contributed by atoms with van der Waals surface area (Å²) >= 11 is 0. The third kappa shape index (κ3) is 3.31. The van der Waals surface area contributed by atoms with Gasteiger partial charge in [-0.05, 0) is 12.1 Å². The van der Waals surface area contributed by atoms with E-state index in [1.54, 1.807) is 0 Å². The fourth-order valence-electron chi connectivity index (χ4n) is 1.95. The van der Waals surface area contributed by atoms with Gasteiger partial charge in [0.15, 0.2) is 6.29 Å². The van der Waals surface area contributed by atoms with Crippen LogP contribution in [0, 0.1) is 0 Å². The number of aliphatic hydroxyl groups is 4. The second-order valence-corrected chi connectivity index (χ2v) is 4.65. The molecule has 1 heterocycles. The van der Waals surface area contributed by atoms with Gasteiger partial charge in [0.25, 0.3) is 0 Å². The average molecular weight is 300 g/mol. The number of benzene rings is 1. The summed E-state index contributed by atoms with van der Waals surface area (Å²) in [7, 11) is 0. The van der Waals surface area contributed by atoms with Crippen LogP contribution in [0.4, 0.5) is 0 Å². The van der Waals surface area contributed by atoms with E-state index in [4.69, 9.17) is 9.47 Å². The van der Waals surface area contributed by atoms with Crippen LogP contribution in [-0.2, 0) is 9.47 Å². The maximum Gasteiger partial charge on any atom is 0.342 e. The molecule has 5 atom stereocenters. The molecule has 0 aliphatic carbocycles. The van der Waals surface area contributed by atoms with Crippen molar-refractivity contribution in [3.8, 4) is 5.75 Å². The van der Waals surface area contributed by atoms with E-state index in [9.17, 15) is 30.3 Å². The second-order valence-electron chi connectivity index (χ2n) is 4.65. The fraction of sp³-hybridized carbons (Fsp3) is 0.462. The summed E-state index contributed by atoms with van der Waals surface area (Å²) < 4.78 is 9.72. The number of aromatic hydroxyl groups is 1. The van der Waals surface area contributed by atoms with Gasteiger partial charge in [0, 0.05) is 0 Å². The molecule has 0 radical (unpaired) electrons. The van der Waals surface area contributed by atoms with Crippen molar-refractivity contribution in [3.05, 3.63) is 29.8 Å². The van der Waals surface area contributed by atoms with Gasteiger partial charge in [-0.15, -0.1) is 0 Å². The molecular formula is C13H16O8. The minimum atomic E-state index is -1.70. The number of rotatable bonds is 3. The van der Waals surface area contributed by atoms with Crippen LogP contribution in [0.15, 0.2) is 24.3 Å². The molecule has 1 saturated heterocycles. The lowest BCUT2D eigenvalue weighted by atomic mass is 9.99. The highest BCUT2D eigenvalue weighted by Crippen LogP contribution is 2.21. The van der Waals surface area contributed by atoms with Crippen LogP contribution < -0.4 is 0 Å². The second kappa shape index (κ2) is 6.37. The minimum absolute atomic E-state index is 0.0658. The summed E-state index contributed by atoms with van der Waals surface area (Å²) in [4.78, 5) is 11.7. The molecule has 1 aromatic carbocycles. The zero-order chi connectivity index (χ0) is 15.6. The number of carbonyl (C=O) groups is 1. The molecule has 0 saturated carbocycles. The van der Waals surface area contributed by atoms with Crippen molar-refractivity contribution >= 4 is 5.97 Å². The molecule has 1 fully saturated rings. The molecule has 116 valence electrons. The summed E-state index contributed by atoms with van der Waals surface area (Å²) in [6, 6.07) is 5.73. The van der Waals surface area contributed by atoms with Gasteiger partial charge in [0.1, 0.15) is 42.3 Å². The molecule has 5 N–H and O–H groups in total. The van der Waals surface area contributed by atoms with Gasteiger partial charge in [-0.1, -0.05) is 12.1 Å². The molecule has 0 spiro atoms. The Kier molecular flexibility index (Phi) is 4.76. The summed E-state index contributed by atoms with van der Waals surface area (Å²) in [5, 5.41) is 47.3. The van der Waals surface area contributed by atoms with Crippen molar-refractivity contribution in [1.29, 1.82) is 0 Å². The van der Waals surface area contributed by atoms with Gasteiger partial charge in [-0.3, -0.25) is 0 Å². The Morgan fingerprint density at radius 1 is 1.10 bits per heavy atom. The van der Waals surface area contributed by atoms with Crippen molar-refractivity contribution in [3.63, 3.8) is 0 Å². The Hall–Kier alpha value is -1.71. The number of hydrogen-bond acceptors (Lipinski definition) is 8. The monoisotopic (exact) mass is 300 g/mol. The molecule has 8 heteroatoms. The molecular weight excluding hydrogens is 284 g/mol. The quantitative estimate of drug-likeness (QED) is 0.419. The van der Waals surface area contributed by atoms with Crippen LogP contribution in [0.5, 0.6) is 5.75 Å².